The highest BCUT2D eigenvalue weighted by Crippen LogP contribution is 2.42. The number of benzene rings is 3. The highest BCUT2D eigenvalue weighted by molar-refractivity contribution is 6.02. The van der Waals surface area contributed by atoms with Gasteiger partial charge in [0.05, 0.1) is 0 Å². The number of nitrogens with zero attached hydrogens (tertiary/aromatic N) is 2. The molecule has 3 aromatic rings. The van der Waals surface area contributed by atoms with Crippen LogP contribution < -0.4 is 0 Å². The molecule has 1 heterocycles. The SMILES string of the molecule is Cc1c(F)cccc1C1[C@@H](C(=O)c2cccc(O)c2)CN(CCN(C)C)C[C@@H]1C(=O)c1cccc(O)c1. The third kappa shape index (κ3) is 5.89. The Morgan fingerprint density at radius 3 is 1.89 bits per heavy atom. The summed E-state index contributed by atoms with van der Waals surface area (Å²) in [4.78, 5) is 32.1. The van der Waals surface area contributed by atoms with Crippen LogP contribution in [0.1, 0.15) is 37.8 Å². The topological polar surface area (TPSA) is 81.1 Å². The normalized spacial score (nSPS) is 18.7. The van der Waals surface area contributed by atoms with Gasteiger partial charge in [-0.1, -0.05) is 36.4 Å². The fourth-order valence-corrected chi connectivity index (χ4v) is 5.32. The molecular formula is C30H33FN2O4. The Hall–Kier alpha value is -3.55. The summed E-state index contributed by atoms with van der Waals surface area (Å²) in [5.41, 5.74) is 1.74. The Labute approximate surface area is 217 Å². The molecule has 1 fully saturated rings. The van der Waals surface area contributed by atoms with Gasteiger partial charge in [0.1, 0.15) is 17.3 Å². The van der Waals surface area contributed by atoms with E-state index in [-0.39, 0.29) is 28.9 Å². The minimum Gasteiger partial charge on any atom is -0.508 e. The second-order valence-corrected chi connectivity index (χ2v) is 10.1. The van der Waals surface area contributed by atoms with Crippen molar-refractivity contribution < 1.29 is 24.2 Å². The van der Waals surface area contributed by atoms with Crippen LogP contribution in [-0.4, -0.2) is 71.9 Å². The predicted octanol–water partition coefficient (Wildman–Crippen LogP) is 4.50. The van der Waals surface area contributed by atoms with Crippen LogP contribution in [0.25, 0.3) is 0 Å². The summed E-state index contributed by atoms with van der Waals surface area (Å²) in [6, 6.07) is 17.2. The van der Waals surface area contributed by atoms with E-state index < -0.39 is 17.8 Å². The maximum atomic E-state index is 14.8. The largest absolute Gasteiger partial charge is 0.508 e. The molecule has 0 radical (unpaired) electrons. The van der Waals surface area contributed by atoms with Crippen molar-refractivity contribution in [1.82, 2.24) is 9.80 Å². The van der Waals surface area contributed by atoms with E-state index in [9.17, 15) is 24.2 Å². The highest BCUT2D eigenvalue weighted by Gasteiger charge is 2.45. The number of hydrogen-bond donors (Lipinski definition) is 2. The van der Waals surface area contributed by atoms with Crippen LogP contribution in [0.3, 0.4) is 0 Å². The molecule has 2 atom stereocenters. The molecule has 1 aliphatic rings. The zero-order chi connectivity index (χ0) is 26.7. The van der Waals surface area contributed by atoms with E-state index >= 15 is 0 Å². The van der Waals surface area contributed by atoms with Gasteiger partial charge >= 0.3 is 0 Å². The molecule has 0 bridgehead atoms. The predicted molar refractivity (Wildman–Crippen MR) is 141 cm³/mol. The quantitative estimate of drug-likeness (QED) is 0.440. The average Bonchev–Trinajstić information content (AvgIpc) is 2.88. The first-order valence-electron chi connectivity index (χ1n) is 12.4. The maximum Gasteiger partial charge on any atom is 0.167 e. The summed E-state index contributed by atoms with van der Waals surface area (Å²) in [7, 11) is 3.93. The third-order valence-electron chi connectivity index (χ3n) is 7.24. The zero-order valence-corrected chi connectivity index (χ0v) is 21.4. The number of likely N-dealkylation sites (tertiary alicyclic amines) is 1. The molecule has 4 rings (SSSR count). The Bertz CT molecular complexity index is 1220. The van der Waals surface area contributed by atoms with Crippen molar-refractivity contribution >= 4 is 11.6 Å². The maximum absolute atomic E-state index is 14.8. The number of rotatable bonds is 8. The van der Waals surface area contributed by atoms with Gasteiger partial charge < -0.3 is 20.0 Å². The standard InChI is InChI=1S/C30H33FN2O4/c1-19-24(11-6-12-27(19)31)28-25(29(36)20-7-4-9-22(34)15-20)17-33(14-13-32(2)3)18-26(28)30(37)21-8-5-10-23(35)16-21/h4-12,15-16,25-26,28,34-35H,13-14,17-18H2,1-3H3/t25-,26-/m0/s1. The van der Waals surface area contributed by atoms with Gasteiger partial charge in [-0.15, -0.1) is 0 Å². The van der Waals surface area contributed by atoms with Crippen LogP contribution in [0.15, 0.2) is 66.7 Å². The van der Waals surface area contributed by atoms with Gasteiger partial charge in [0, 0.05) is 55.1 Å². The van der Waals surface area contributed by atoms with Gasteiger partial charge in [0.15, 0.2) is 11.6 Å². The van der Waals surface area contributed by atoms with Gasteiger partial charge in [0.25, 0.3) is 0 Å². The van der Waals surface area contributed by atoms with Crippen LogP contribution in [-0.2, 0) is 0 Å². The minimum absolute atomic E-state index is 0.0167. The van der Waals surface area contributed by atoms with Crippen molar-refractivity contribution in [3.8, 4) is 11.5 Å². The molecule has 0 unspecified atom stereocenters. The molecule has 0 aromatic heterocycles. The summed E-state index contributed by atoms with van der Waals surface area (Å²) in [5.74, 6) is -2.71. The summed E-state index contributed by atoms with van der Waals surface area (Å²) in [6.07, 6.45) is 0. The molecule has 0 amide bonds. The summed E-state index contributed by atoms with van der Waals surface area (Å²) < 4.78 is 14.8. The molecule has 0 saturated carbocycles. The van der Waals surface area contributed by atoms with Crippen LogP contribution >= 0.6 is 0 Å². The summed E-state index contributed by atoms with van der Waals surface area (Å²) in [5, 5.41) is 20.1. The fourth-order valence-electron chi connectivity index (χ4n) is 5.32. The summed E-state index contributed by atoms with van der Waals surface area (Å²) >= 11 is 0. The minimum atomic E-state index is -0.649. The van der Waals surface area contributed by atoms with Crippen LogP contribution in [0.4, 0.5) is 4.39 Å². The van der Waals surface area contributed by atoms with Crippen molar-refractivity contribution in [3.05, 3.63) is 94.8 Å². The molecular weight excluding hydrogens is 471 g/mol. The van der Waals surface area contributed by atoms with E-state index in [4.69, 9.17) is 0 Å². The molecule has 3 aromatic carbocycles. The second kappa shape index (κ2) is 11.2. The smallest absolute Gasteiger partial charge is 0.167 e. The average molecular weight is 505 g/mol. The lowest BCUT2D eigenvalue weighted by Crippen LogP contribution is -2.51. The van der Waals surface area contributed by atoms with Crippen molar-refractivity contribution in [1.29, 1.82) is 0 Å². The lowest BCUT2D eigenvalue weighted by Gasteiger charge is -2.44. The van der Waals surface area contributed by atoms with E-state index in [0.717, 1.165) is 6.54 Å². The molecule has 0 aliphatic carbocycles. The molecule has 1 saturated heterocycles. The lowest BCUT2D eigenvalue weighted by atomic mass is 9.67. The van der Waals surface area contributed by atoms with Gasteiger partial charge in [-0.25, -0.2) is 4.39 Å². The van der Waals surface area contributed by atoms with E-state index in [1.54, 1.807) is 43.3 Å². The number of aromatic hydroxyl groups is 2. The third-order valence-corrected chi connectivity index (χ3v) is 7.24. The number of carbonyl (C=O) groups is 2. The van der Waals surface area contributed by atoms with Crippen molar-refractivity contribution in [3.63, 3.8) is 0 Å². The van der Waals surface area contributed by atoms with E-state index in [2.05, 4.69) is 4.90 Å². The van der Waals surface area contributed by atoms with Crippen molar-refractivity contribution in [2.75, 3.05) is 40.3 Å². The van der Waals surface area contributed by atoms with Crippen molar-refractivity contribution in [2.45, 2.75) is 12.8 Å². The van der Waals surface area contributed by atoms with Gasteiger partial charge in [-0.2, -0.15) is 0 Å². The Kier molecular flexibility index (Phi) is 8.05. The van der Waals surface area contributed by atoms with E-state index in [0.29, 0.717) is 41.9 Å². The van der Waals surface area contributed by atoms with Crippen LogP contribution in [0, 0.1) is 24.6 Å². The Morgan fingerprint density at radius 1 is 0.892 bits per heavy atom. The van der Waals surface area contributed by atoms with Gasteiger partial charge in [0.2, 0.25) is 0 Å². The second-order valence-electron chi connectivity index (χ2n) is 10.1. The molecule has 1 aliphatic heterocycles. The van der Waals surface area contributed by atoms with Crippen molar-refractivity contribution in [2.24, 2.45) is 11.8 Å². The Balaban J connectivity index is 1.85. The molecule has 7 heteroatoms. The molecule has 6 nitrogen and oxygen atoms in total. The number of Topliss-reactive ketones (excluding diaryl/α,β-unsaturated/α-hetero) is 2. The van der Waals surface area contributed by atoms with E-state index in [1.165, 1.54) is 30.3 Å². The number of carbonyl (C=O) groups excluding carboxylic acids is 2. The first-order valence-corrected chi connectivity index (χ1v) is 12.4. The van der Waals surface area contributed by atoms with E-state index in [1.807, 2.05) is 19.0 Å². The molecule has 2 N–H and O–H groups in total. The monoisotopic (exact) mass is 504 g/mol. The Morgan fingerprint density at radius 2 is 1.41 bits per heavy atom. The number of phenols is 2. The number of ketones is 2. The van der Waals surface area contributed by atoms with Crippen LogP contribution in [0.2, 0.25) is 0 Å². The molecule has 37 heavy (non-hydrogen) atoms. The number of likely N-dealkylation sites (N-methyl/N-ethyl adjacent to an activating group) is 1. The number of phenolic OH excluding ortho intramolecular Hbond substituents is 2. The number of hydrogen-bond acceptors (Lipinski definition) is 6. The van der Waals surface area contributed by atoms with Crippen LogP contribution in [0.5, 0.6) is 11.5 Å². The fraction of sp³-hybridized carbons (Fsp3) is 0.333. The number of piperidine rings is 1. The lowest BCUT2D eigenvalue weighted by molar-refractivity contribution is 0.0558. The summed E-state index contributed by atoms with van der Waals surface area (Å²) in [6.45, 7) is 3.85. The number of halogens is 1. The van der Waals surface area contributed by atoms with Gasteiger partial charge in [-0.05, 0) is 62.5 Å². The zero-order valence-electron chi connectivity index (χ0n) is 21.4. The first-order chi connectivity index (χ1) is 17.7. The first kappa shape index (κ1) is 26.5. The molecule has 194 valence electrons. The van der Waals surface area contributed by atoms with Gasteiger partial charge in [-0.3, -0.25) is 9.59 Å². The highest BCUT2D eigenvalue weighted by atomic mass is 19.1. The molecule has 0 spiro atoms.